The molecule has 0 spiro atoms. The molecule has 4 nitrogen and oxygen atoms in total. The van der Waals surface area contributed by atoms with Gasteiger partial charge in [0.05, 0.1) is 0 Å². The molecular weight excluding hydrogens is 298 g/mol. The second kappa shape index (κ2) is 25.4. The zero-order valence-corrected chi connectivity index (χ0v) is 16.8. The second-order valence-corrected chi connectivity index (χ2v) is 4.34. The van der Waals surface area contributed by atoms with Crippen LogP contribution in [0.2, 0.25) is 0 Å². The topological polar surface area (TPSA) is 35.6 Å². The van der Waals surface area contributed by atoms with E-state index in [1.54, 1.807) is 0 Å². The Bertz CT molecular complexity index is 195. The highest BCUT2D eigenvalue weighted by Crippen LogP contribution is 1.82. The molecule has 0 atom stereocenters. The Kier molecular flexibility index (Phi) is 34.0. The van der Waals surface area contributed by atoms with Gasteiger partial charge in [-0.15, -0.1) is 12.4 Å². The van der Waals surface area contributed by atoms with E-state index in [9.17, 15) is 4.79 Å². The van der Waals surface area contributed by atoms with Gasteiger partial charge in [0.15, 0.2) is 0 Å². The third kappa shape index (κ3) is 24.4. The van der Waals surface area contributed by atoms with Crippen molar-refractivity contribution in [3.8, 4) is 0 Å². The molecular formula is C17H40ClN3O. The van der Waals surface area contributed by atoms with Crippen LogP contribution in [-0.2, 0) is 4.79 Å². The van der Waals surface area contributed by atoms with Gasteiger partial charge in [0.2, 0.25) is 5.91 Å². The van der Waals surface area contributed by atoms with E-state index < -0.39 is 0 Å². The Morgan fingerprint density at radius 2 is 1.09 bits per heavy atom. The van der Waals surface area contributed by atoms with Gasteiger partial charge in [0.25, 0.3) is 0 Å². The van der Waals surface area contributed by atoms with Crippen LogP contribution in [0.15, 0.2) is 12.7 Å². The highest BCUT2D eigenvalue weighted by Gasteiger charge is 1.89. The molecule has 0 saturated heterocycles. The number of nitrogens with one attached hydrogen (secondary N) is 1. The largest absolute Gasteiger partial charge is 0.353 e. The average molecular weight is 338 g/mol. The lowest BCUT2D eigenvalue weighted by molar-refractivity contribution is -0.116. The van der Waals surface area contributed by atoms with Gasteiger partial charge in [0, 0.05) is 6.54 Å². The van der Waals surface area contributed by atoms with Gasteiger partial charge in [-0.1, -0.05) is 48.1 Å². The van der Waals surface area contributed by atoms with Crippen molar-refractivity contribution in [2.24, 2.45) is 0 Å². The Morgan fingerprint density at radius 1 is 0.818 bits per heavy atom. The van der Waals surface area contributed by atoms with Crippen molar-refractivity contribution in [2.45, 2.75) is 48.5 Å². The minimum atomic E-state index is -0.109. The maximum absolute atomic E-state index is 10.2. The minimum absolute atomic E-state index is 0. The van der Waals surface area contributed by atoms with Gasteiger partial charge in [-0.3, -0.25) is 4.79 Å². The summed E-state index contributed by atoms with van der Waals surface area (Å²) in [5.74, 6) is -0.109. The molecule has 0 aromatic heterocycles. The monoisotopic (exact) mass is 337 g/mol. The molecule has 0 aromatic rings. The lowest BCUT2D eigenvalue weighted by atomic mass is 10.5. The number of rotatable bonds is 8. The average Bonchev–Trinajstić information content (AvgIpc) is 2.52. The van der Waals surface area contributed by atoms with Crippen LogP contribution in [0.5, 0.6) is 0 Å². The van der Waals surface area contributed by atoms with E-state index in [2.05, 4.69) is 63.2 Å². The van der Waals surface area contributed by atoms with E-state index in [-0.39, 0.29) is 18.3 Å². The van der Waals surface area contributed by atoms with Crippen molar-refractivity contribution in [3.63, 3.8) is 0 Å². The lowest BCUT2D eigenvalue weighted by Crippen LogP contribution is -2.21. The third-order valence-electron chi connectivity index (χ3n) is 3.22. The van der Waals surface area contributed by atoms with E-state index in [4.69, 9.17) is 0 Å². The summed E-state index contributed by atoms with van der Waals surface area (Å²) in [6.07, 6.45) is 1.25. The number of carbonyl (C=O) groups is 1. The summed E-state index contributed by atoms with van der Waals surface area (Å²) >= 11 is 0. The highest BCUT2D eigenvalue weighted by atomic mass is 35.5. The van der Waals surface area contributed by atoms with E-state index in [0.717, 1.165) is 0 Å². The lowest BCUT2D eigenvalue weighted by Gasteiger charge is -2.13. The molecule has 0 bridgehead atoms. The van der Waals surface area contributed by atoms with Crippen molar-refractivity contribution < 1.29 is 4.79 Å². The van der Waals surface area contributed by atoms with Crippen LogP contribution < -0.4 is 5.32 Å². The predicted molar refractivity (Wildman–Crippen MR) is 103 cm³/mol. The fourth-order valence-corrected chi connectivity index (χ4v) is 1.59. The van der Waals surface area contributed by atoms with Crippen LogP contribution in [0.25, 0.3) is 0 Å². The molecule has 1 amide bonds. The van der Waals surface area contributed by atoms with E-state index in [1.807, 2.05) is 6.92 Å². The Morgan fingerprint density at radius 3 is 1.14 bits per heavy atom. The zero-order valence-electron chi connectivity index (χ0n) is 15.9. The molecule has 0 heterocycles. The van der Waals surface area contributed by atoms with Crippen LogP contribution in [0.4, 0.5) is 0 Å². The van der Waals surface area contributed by atoms with Crippen LogP contribution >= 0.6 is 12.4 Å². The number of hydrogen-bond acceptors (Lipinski definition) is 3. The third-order valence-corrected chi connectivity index (χ3v) is 3.22. The van der Waals surface area contributed by atoms with E-state index in [0.29, 0.717) is 6.54 Å². The van der Waals surface area contributed by atoms with Gasteiger partial charge < -0.3 is 15.1 Å². The first-order chi connectivity index (χ1) is 10.0. The summed E-state index contributed by atoms with van der Waals surface area (Å²) in [4.78, 5) is 14.9. The van der Waals surface area contributed by atoms with Gasteiger partial charge in [-0.25, -0.2) is 0 Å². The molecule has 0 aliphatic carbocycles. The summed E-state index contributed by atoms with van der Waals surface area (Å²) in [5, 5.41) is 2.54. The number of hydrogen-bond donors (Lipinski definition) is 1. The summed E-state index contributed by atoms with van der Waals surface area (Å²) in [5.41, 5.74) is 0. The number of amides is 1. The van der Waals surface area contributed by atoms with Crippen molar-refractivity contribution in [1.82, 2.24) is 15.1 Å². The van der Waals surface area contributed by atoms with Gasteiger partial charge >= 0.3 is 0 Å². The van der Waals surface area contributed by atoms with Gasteiger partial charge in [0.1, 0.15) is 0 Å². The van der Waals surface area contributed by atoms with Crippen LogP contribution in [0.3, 0.4) is 0 Å². The highest BCUT2D eigenvalue weighted by molar-refractivity contribution is 5.86. The van der Waals surface area contributed by atoms with Crippen LogP contribution in [0, 0.1) is 0 Å². The van der Waals surface area contributed by atoms with Gasteiger partial charge in [-0.2, -0.15) is 0 Å². The Labute approximate surface area is 145 Å². The molecule has 0 fully saturated rings. The smallest absolute Gasteiger partial charge is 0.243 e. The molecule has 5 heteroatoms. The number of halogens is 1. The molecule has 0 aromatic carbocycles. The molecule has 0 radical (unpaired) electrons. The van der Waals surface area contributed by atoms with Crippen LogP contribution in [-0.4, -0.2) is 61.5 Å². The fourth-order valence-electron chi connectivity index (χ4n) is 1.59. The molecule has 22 heavy (non-hydrogen) atoms. The summed E-state index contributed by atoms with van der Waals surface area (Å²) < 4.78 is 0. The molecule has 0 aliphatic rings. The molecule has 1 N–H and O–H groups in total. The first-order valence-electron chi connectivity index (χ1n) is 8.35. The number of nitrogens with zero attached hydrogens (tertiary/aromatic N) is 2. The fraction of sp³-hybridized carbons (Fsp3) is 0.824. The molecule has 0 saturated carbocycles. The van der Waals surface area contributed by atoms with Crippen molar-refractivity contribution in [3.05, 3.63) is 12.7 Å². The molecule has 0 rings (SSSR count). The SMILES string of the molecule is C=CC(=O)NCC.CCN(CC)CC.CCN(CC)CC.Cl. The standard InChI is InChI=1S/2C6H15N.C5H9NO.ClH/c2*1-4-7(5-2)6-3;1-3-5(7)6-4-2;/h2*4-6H2,1-3H3;3H,1,4H2,2H3,(H,6,7);1H. The normalized spacial score (nSPS) is 8.95. The van der Waals surface area contributed by atoms with Crippen molar-refractivity contribution in [1.29, 1.82) is 0 Å². The van der Waals surface area contributed by atoms with Crippen LogP contribution in [0.1, 0.15) is 48.5 Å². The number of likely N-dealkylation sites (N-methyl/N-ethyl adjacent to an activating group) is 1. The number of carbonyl (C=O) groups excluding carboxylic acids is 1. The predicted octanol–water partition coefficient (Wildman–Crippen LogP) is 3.43. The minimum Gasteiger partial charge on any atom is -0.353 e. The molecule has 0 unspecified atom stereocenters. The zero-order chi connectivity index (χ0) is 17.1. The Balaban J connectivity index is -0.000000108. The molecule has 136 valence electrons. The summed E-state index contributed by atoms with van der Waals surface area (Å²) in [6.45, 7) is 26.1. The van der Waals surface area contributed by atoms with E-state index >= 15 is 0 Å². The Hall–Kier alpha value is -0.580. The van der Waals surface area contributed by atoms with Crippen molar-refractivity contribution >= 4 is 18.3 Å². The second-order valence-electron chi connectivity index (χ2n) is 4.34. The maximum atomic E-state index is 10.2. The maximum Gasteiger partial charge on any atom is 0.243 e. The van der Waals surface area contributed by atoms with Crippen molar-refractivity contribution in [2.75, 3.05) is 45.8 Å². The first kappa shape index (κ1) is 29.4. The first-order valence-corrected chi connectivity index (χ1v) is 8.35. The molecule has 0 aliphatic heterocycles. The quantitative estimate of drug-likeness (QED) is 0.689. The van der Waals surface area contributed by atoms with Gasteiger partial charge in [-0.05, 0) is 52.3 Å². The van der Waals surface area contributed by atoms with E-state index in [1.165, 1.54) is 45.3 Å². The summed E-state index contributed by atoms with van der Waals surface area (Å²) in [6, 6.07) is 0. The summed E-state index contributed by atoms with van der Waals surface area (Å²) in [7, 11) is 0.